The molecule has 1 heterocycles. The number of esters is 1. The van der Waals surface area contributed by atoms with Crippen LogP contribution in [0.3, 0.4) is 0 Å². The Morgan fingerprint density at radius 2 is 1.96 bits per heavy atom. The molecule has 0 aliphatic heterocycles. The third kappa shape index (κ3) is 4.39. The van der Waals surface area contributed by atoms with Crippen LogP contribution in [0.15, 0.2) is 40.8 Å². The zero-order valence-corrected chi connectivity index (χ0v) is 13.1. The number of hydrogen-bond acceptors (Lipinski definition) is 6. The van der Waals surface area contributed by atoms with Crippen LogP contribution in [-0.2, 0) is 9.53 Å². The van der Waals surface area contributed by atoms with Gasteiger partial charge >= 0.3 is 11.9 Å². The Morgan fingerprint density at radius 3 is 2.58 bits per heavy atom. The maximum Gasteiger partial charge on any atom is 0.433 e. The van der Waals surface area contributed by atoms with Crippen LogP contribution in [0, 0.1) is 24.0 Å². The van der Waals surface area contributed by atoms with E-state index in [4.69, 9.17) is 9.15 Å². The number of nitro groups is 1. The van der Waals surface area contributed by atoms with Crippen molar-refractivity contribution in [2.75, 3.05) is 6.61 Å². The van der Waals surface area contributed by atoms with E-state index in [9.17, 15) is 19.7 Å². The number of Topliss-reactive ketones (excluding diaryl/α,β-unsaturated/α-hetero) is 1. The molecule has 0 bridgehead atoms. The summed E-state index contributed by atoms with van der Waals surface area (Å²) in [6.07, 6.45) is 2.27. The minimum absolute atomic E-state index is 0.138. The van der Waals surface area contributed by atoms with E-state index in [0.29, 0.717) is 5.56 Å². The van der Waals surface area contributed by atoms with Gasteiger partial charge in [-0.3, -0.25) is 14.9 Å². The summed E-state index contributed by atoms with van der Waals surface area (Å²) >= 11 is 0. The number of carbonyl (C=O) groups excluding carboxylic acids is 2. The Kier molecular flexibility index (Phi) is 5.26. The van der Waals surface area contributed by atoms with Crippen molar-refractivity contribution >= 4 is 23.7 Å². The highest BCUT2D eigenvalue weighted by atomic mass is 16.6. The molecule has 1 aromatic heterocycles. The Morgan fingerprint density at radius 1 is 1.21 bits per heavy atom. The molecule has 0 fully saturated rings. The van der Waals surface area contributed by atoms with Crippen molar-refractivity contribution in [2.45, 2.75) is 13.8 Å². The summed E-state index contributed by atoms with van der Waals surface area (Å²) in [6, 6.07) is 7.77. The molecule has 0 amide bonds. The summed E-state index contributed by atoms with van der Waals surface area (Å²) in [6.45, 7) is 3.45. The lowest BCUT2D eigenvalue weighted by molar-refractivity contribution is -0.402. The molecule has 1 aromatic carbocycles. The standard InChI is InChI=1S/C17H15NO6/c1-11-3-4-13(9-12(11)2)15(19)10-23-17(20)8-6-14-5-7-16(24-14)18(21)22/h3-9H,10H2,1-2H3/b8-6+. The number of carbonyl (C=O) groups is 2. The number of rotatable bonds is 6. The van der Waals surface area contributed by atoms with E-state index in [1.165, 1.54) is 18.2 Å². The van der Waals surface area contributed by atoms with Gasteiger partial charge in [-0.1, -0.05) is 12.1 Å². The average molecular weight is 329 g/mol. The van der Waals surface area contributed by atoms with Crippen molar-refractivity contribution in [2.24, 2.45) is 0 Å². The highest BCUT2D eigenvalue weighted by Gasteiger charge is 2.11. The molecule has 124 valence electrons. The van der Waals surface area contributed by atoms with Gasteiger partial charge in [0.25, 0.3) is 0 Å². The van der Waals surface area contributed by atoms with E-state index in [2.05, 4.69) is 0 Å². The molecule has 2 aromatic rings. The SMILES string of the molecule is Cc1ccc(C(=O)COC(=O)/C=C/c2ccc([N+](=O)[O-])o2)cc1C. The molecular weight excluding hydrogens is 314 g/mol. The first-order chi connectivity index (χ1) is 11.4. The van der Waals surface area contributed by atoms with Crippen molar-refractivity contribution in [3.63, 3.8) is 0 Å². The van der Waals surface area contributed by atoms with Crippen LogP contribution in [0.25, 0.3) is 6.08 Å². The van der Waals surface area contributed by atoms with Crippen molar-refractivity contribution in [3.05, 3.63) is 69.0 Å². The molecule has 2 rings (SSSR count). The topological polar surface area (TPSA) is 99.7 Å². The number of nitrogens with zero attached hydrogens (tertiary/aromatic N) is 1. The van der Waals surface area contributed by atoms with Crippen LogP contribution in [0.5, 0.6) is 0 Å². The lowest BCUT2D eigenvalue weighted by Crippen LogP contribution is -2.12. The van der Waals surface area contributed by atoms with Crippen LogP contribution in [-0.4, -0.2) is 23.3 Å². The molecule has 0 radical (unpaired) electrons. The van der Waals surface area contributed by atoms with Crippen LogP contribution < -0.4 is 0 Å². The maximum absolute atomic E-state index is 12.0. The molecule has 0 saturated heterocycles. The van der Waals surface area contributed by atoms with E-state index in [-0.39, 0.29) is 18.2 Å². The first-order valence-electron chi connectivity index (χ1n) is 7.06. The molecule has 0 spiro atoms. The fourth-order valence-corrected chi connectivity index (χ4v) is 1.86. The highest BCUT2D eigenvalue weighted by molar-refractivity contribution is 5.99. The van der Waals surface area contributed by atoms with Gasteiger partial charge in [0.1, 0.15) is 10.7 Å². The lowest BCUT2D eigenvalue weighted by atomic mass is 10.0. The van der Waals surface area contributed by atoms with Crippen molar-refractivity contribution in [1.82, 2.24) is 0 Å². The molecule has 0 unspecified atom stereocenters. The van der Waals surface area contributed by atoms with E-state index in [0.717, 1.165) is 17.2 Å². The normalized spacial score (nSPS) is 10.8. The monoisotopic (exact) mass is 329 g/mol. The van der Waals surface area contributed by atoms with Crippen LogP contribution in [0.4, 0.5) is 5.88 Å². The van der Waals surface area contributed by atoms with Gasteiger partial charge in [-0.15, -0.1) is 0 Å². The van der Waals surface area contributed by atoms with Gasteiger partial charge in [0.05, 0.1) is 6.07 Å². The van der Waals surface area contributed by atoms with Gasteiger partial charge in [-0.05, 0) is 43.2 Å². The van der Waals surface area contributed by atoms with E-state index in [1.54, 1.807) is 12.1 Å². The number of ketones is 1. The van der Waals surface area contributed by atoms with Gasteiger partial charge in [-0.2, -0.15) is 0 Å². The molecular formula is C17H15NO6. The number of furan rings is 1. The first kappa shape index (κ1) is 17.1. The van der Waals surface area contributed by atoms with E-state index in [1.807, 2.05) is 19.9 Å². The molecule has 7 nitrogen and oxygen atoms in total. The van der Waals surface area contributed by atoms with Crippen molar-refractivity contribution in [1.29, 1.82) is 0 Å². The summed E-state index contributed by atoms with van der Waals surface area (Å²) in [5.74, 6) is -1.34. The van der Waals surface area contributed by atoms with E-state index < -0.39 is 16.8 Å². The molecule has 0 saturated carbocycles. The zero-order chi connectivity index (χ0) is 17.7. The molecule has 7 heteroatoms. The fraction of sp³-hybridized carbons (Fsp3) is 0.176. The number of benzene rings is 1. The van der Waals surface area contributed by atoms with Gasteiger partial charge in [0.15, 0.2) is 12.4 Å². The predicted molar refractivity (Wildman–Crippen MR) is 85.6 cm³/mol. The summed E-state index contributed by atoms with van der Waals surface area (Å²) in [5, 5.41) is 10.5. The molecule has 0 aliphatic carbocycles. The van der Waals surface area contributed by atoms with Gasteiger partial charge in [0.2, 0.25) is 0 Å². The Hall–Kier alpha value is -3.22. The number of aryl methyl sites for hydroxylation is 2. The Balaban J connectivity index is 1.89. The predicted octanol–water partition coefficient (Wildman–Crippen LogP) is 3.24. The largest absolute Gasteiger partial charge is 0.454 e. The van der Waals surface area contributed by atoms with Crippen LogP contribution in [0.2, 0.25) is 0 Å². The second-order valence-electron chi connectivity index (χ2n) is 5.10. The highest BCUT2D eigenvalue weighted by Crippen LogP contribution is 2.16. The van der Waals surface area contributed by atoms with Crippen LogP contribution in [0.1, 0.15) is 27.2 Å². The third-order valence-corrected chi connectivity index (χ3v) is 3.35. The number of ether oxygens (including phenoxy) is 1. The fourth-order valence-electron chi connectivity index (χ4n) is 1.86. The minimum Gasteiger partial charge on any atom is -0.454 e. The summed E-state index contributed by atoms with van der Waals surface area (Å²) in [4.78, 5) is 33.3. The third-order valence-electron chi connectivity index (χ3n) is 3.35. The maximum atomic E-state index is 12.0. The average Bonchev–Trinajstić information content (AvgIpc) is 3.02. The quantitative estimate of drug-likeness (QED) is 0.265. The number of hydrogen-bond donors (Lipinski definition) is 0. The van der Waals surface area contributed by atoms with Gasteiger partial charge in [-0.25, -0.2) is 4.79 Å². The second kappa shape index (κ2) is 7.36. The van der Waals surface area contributed by atoms with Crippen molar-refractivity contribution < 1.29 is 23.7 Å². The smallest absolute Gasteiger partial charge is 0.433 e. The summed E-state index contributed by atoms with van der Waals surface area (Å²) in [5.41, 5.74) is 2.52. The van der Waals surface area contributed by atoms with Gasteiger partial charge < -0.3 is 9.15 Å². The van der Waals surface area contributed by atoms with Crippen molar-refractivity contribution in [3.8, 4) is 0 Å². The summed E-state index contributed by atoms with van der Waals surface area (Å²) in [7, 11) is 0. The first-order valence-corrected chi connectivity index (χ1v) is 7.06. The van der Waals surface area contributed by atoms with Gasteiger partial charge in [0, 0.05) is 11.6 Å². The molecule has 24 heavy (non-hydrogen) atoms. The van der Waals surface area contributed by atoms with Crippen LogP contribution >= 0.6 is 0 Å². The lowest BCUT2D eigenvalue weighted by Gasteiger charge is -2.04. The second-order valence-corrected chi connectivity index (χ2v) is 5.10. The molecule has 0 N–H and O–H groups in total. The Bertz CT molecular complexity index is 818. The minimum atomic E-state index is -0.744. The zero-order valence-electron chi connectivity index (χ0n) is 13.1. The molecule has 0 atom stereocenters. The summed E-state index contributed by atoms with van der Waals surface area (Å²) < 4.78 is 9.71. The van der Waals surface area contributed by atoms with E-state index >= 15 is 0 Å². The molecule has 0 aliphatic rings. The Labute approximate surface area is 137 Å².